The van der Waals surface area contributed by atoms with Gasteiger partial charge in [0.15, 0.2) is 5.96 Å². The first-order chi connectivity index (χ1) is 12.0. The van der Waals surface area contributed by atoms with Crippen LogP contribution in [0, 0.1) is 0 Å². The number of hydrogen-bond donors (Lipinski definition) is 2. The van der Waals surface area contributed by atoms with Crippen LogP contribution < -0.4 is 10.6 Å². The van der Waals surface area contributed by atoms with Crippen LogP contribution in [0.4, 0.5) is 26.3 Å². The van der Waals surface area contributed by atoms with Crippen molar-refractivity contribution in [2.45, 2.75) is 38.2 Å². The van der Waals surface area contributed by atoms with Crippen LogP contribution in [0.3, 0.4) is 0 Å². The Bertz CT molecular complexity index is 437. The lowest BCUT2D eigenvalue weighted by molar-refractivity contribution is -0.144. The van der Waals surface area contributed by atoms with Crippen LogP contribution in [-0.2, 0) is 0 Å². The molecule has 1 fully saturated rings. The van der Waals surface area contributed by atoms with E-state index in [-0.39, 0.29) is 19.1 Å². The lowest BCUT2D eigenvalue weighted by atomic mass is 10.3. The number of hydrogen-bond acceptors (Lipinski definition) is 3. The SMILES string of the molecule is CCNC(=NCCCN(C)CC(F)(F)F)NC1CCN(CC(F)(F)F)C1. The second-order valence-electron chi connectivity index (χ2n) is 6.45. The normalized spacial score (nSPS) is 20.0. The molecular formula is C15H27F6N5. The fourth-order valence-electron chi connectivity index (χ4n) is 2.78. The second-order valence-corrected chi connectivity index (χ2v) is 6.45. The Kier molecular flexibility index (Phi) is 8.94. The van der Waals surface area contributed by atoms with E-state index in [2.05, 4.69) is 15.6 Å². The average molecular weight is 391 g/mol. The third kappa shape index (κ3) is 10.7. The third-order valence-electron chi connectivity index (χ3n) is 3.78. The highest BCUT2D eigenvalue weighted by molar-refractivity contribution is 5.80. The maximum absolute atomic E-state index is 12.4. The molecule has 0 aliphatic carbocycles. The van der Waals surface area contributed by atoms with Crippen molar-refractivity contribution in [2.75, 3.05) is 52.9 Å². The van der Waals surface area contributed by atoms with Gasteiger partial charge in [0.25, 0.3) is 0 Å². The number of aliphatic imine (C=N–C) groups is 1. The van der Waals surface area contributed by atoms with E-state index in [1.807, 2.05) is 6.92 Å². The highest BCUT2D eigenvalue weighted by Gasteiger charge is 2.34. The maximum atomic E-state index is 12.4. The zero-order valence-corrected chi connectivity index (χ0v) is 15.1. The lowest BCUT2D eigenvalue weighted by Crippen LogP contribution is -2.45. The van der Waals surface area contributed by atoms with Gasteiger partial charge in [-0.1, -0.05) is 0 Å². The Morgan fingerprint density at radius 1 is 1.19 bits per heavy atom. The molecule has 0 bridgehead atoms. The molecule has 11 heteroatoms. The summed E-state index contributed by atoms with van der Waals surface area (Å²) in [7, 11) is 1.40. The van der Waals surface area contributed by atoms with Crippen LogP contribution in [0.25, 0.3) is 0 Å². The Labute approximate surface area is 149 Å². The summed E-state index contributed by atoms with van der Waals surface area (Å²) < 4.78 is 74.0. The zero-order chi connectivity index (χ0) is 19.8. The summed E-state index contributed by atoms with van der Waals surface area (Å²) >= 11 is 0. The van der Waals surface area contributed by atoms with Gasteiger partial charge in [0, 0.05) is 32.2 Å². The van der Waals surface area contributed by atoms with Gasteiger partial charge < -0.3 is 10.6 Å². The van der Waals surface area contributed by atoms with Crippen molar-refractivity contribution < 1.29 is 26.3 Å². The summed E-state index contributed by atoms with van der Waals surface area (Å²) in [5.74, 6) is 0.477. The molecule has 1 saturated heterocycles. The van der Waals surface area contributed by atoms with Crippen molar-refractivity contribution in [1.29, 1.82) is 0 Å². The summed E-state index contributed by atoms with van der Waals surface area (Å²) in [6.07, 6.45) is -7.40. The second kappa shape index (κ2) is 10.2. The van der Waals surface area contributed by atoms with Crippen molar-refractivity contribution >= 4 is 5.96 Å². The fraction of sp³-hybridized carbons (Fsp3) is 0.933. The van der Waals surface area contributed by atoms with Crippen molar-refractivity contribution in [3.8, 4) is 0 Å². The van der Waals surface area contributed by atoms with Gasteiger partial charge in [-0.15, -0.1) is 0 Å². The van der Waals surface area contributed by atoms with Crippen molar-refractivity contribution in [3.05, 3.63) is 0 Å². The summed E-state index contributed by atoms with van der Waals surface area (Å²) in [4.78, 5) is 6.81. The van der Waals surface area contributed by atoms with Crippen molar-refractivity contribution in [2.24, 2.45) is 4.99 Å². The van der Waals surface area contributed by atoms with E-state index in [1.165, 1.54) is 16.8 Å². The molecule has 26 heavy (non-hydrogen) atoms. The number of nitrogens with zero attached hydrogens (tertiary/aromatic N) is 3. The molecule has 154 valence electrons. The van der Waals surface area contributed by atoms with Crippen LogP contribution in [0.5, 0.6) is 0 Å². The van der Waals surface area contributed by atoms with Crippen molar-refractivity contribution in [1.82, 2.24) is 20.4 Å². The molecule has 5 nitrogen and oxygen atoms in total. The minimum Gasteiger partial charge on any atom is -0.357 e. The third-order valence-corrected chi connectivity index (χ3v) is 3.78. The topological polar surface area (TPSA) is 42.9 Å². The lowest BCUT2D eigenvalue weighted by Gasteiger charge is -2.20. The highest BCUT2D eigenvalue weighted by atomic mass is 19.4. The van der Waals surface area contributed by atoms with Gasteiger partial charge in [0.2, 0.25) is 0 Å². The van der Waals surface area contributed by atoms with Crippen LogP contribution in [0.1, 0.15) is 19.8 Å². The molecule has 1 heterocycles. The predicted molar refractivity (Wildman–Crippen MR) is 88.2 cm³/mol. The monoisotopic (exact) mass is 391 g/mol. The van der Waals surface area contributed by atoms with Crippen LogP contribution in [0.15, 0.2) is 4.99 Å². The summed E-state index contributed by atoms with van der Waals surface area (Å²) in [6, 6.07) is -0.136. The summed E-state index contributed by atoms with van der Waals surface area (Å²) in [5, 5.41) is 6.10. The van der Waals surface area contributed by atoms with E-state index in [0.717, 1.165) is 0 Å². The molecule has 0 radical (unpaired) electrons. The molecule has 0 amide bonds. The average Bonchev–Trinajstić information content (AvgIpc) is 2.86. The van der Waals surface area contributed by atoms with Gasteiger partial charge in [-0.3, -0.25) is 14.8 Å². The van der Waals surface area contributed by atoms with Gasteiger partial charge in [0.05, 0.1) is 13.1 Å². The van der Waals surface area contributed by atoms with E-state index >= 15 is 0 Å². The highest BCUT2D eigenvalue weighted by Crippen LogP contribution is 2.20. The molecule has 1 aliphatic heterocycles. The van der Waals surface area contributed by atoms with Gasteiger partial charge in [-0.2, -0.15) is 26.3 Å². The molecule has 0 spiro atoms. The first-order valence-electron chi connectivity index (χ1n) is 8.58. The smallest absolute Gasteiger partial charge is 0.357 e. The number of halogens is 6. The molecule has 1 rings (SSSR count). The van der Waals surface area contributed by atoms with Gasteiger partial charge >= 0.3 is 12.4 Å². The predicted octanol–water partition coefficient (Wildman–Crippen LogP) is 2.06. The molecule has 1 aliphatic rings. The van der Waals surface area contributed by atoms with Crippen molar-refractivity contribution in [3.63, 3.8) is 0 Å². The number of rotatable bonds is 8. The number of likely N-dealkylation sites (tertiary alicyclic amines) is 1. The van der Waals surface area contributed by atoms with E-state index in [0.29, 0.717) is 38.4 Å². The molecule has 0 saturated carbocycles. The minimum absolute atomic E-state index is 0.136. The Hall–Kier alpha value is -1.23. The Morgan fingerprint density at radius 2 is 1.88 bits per heavy atom. The zero-order valence-electron chi connectivity index (χ0n) is 15.1. The molecule has 1 unspecified atom stereocenters. The number of alkyl halides is 6. The van der Waals surface area contributed by atoms with E-state index in [1.54, 1.807) is 0 Å². The molecule has 0 aromatic rings. The van der Waals surface area contributed by atoms with Crippen LogP contribution in [0.2, 0.25) is 0 Å². The molecular weight excluding hydrogens is 364 g/mol. The number of guanidine groups is 1. The number of nitrogens with one attached hydrogen (secondary N) is 2. The quantitative estimate of drug-likeness (QED) is 0.288. The molecule has 0 aromatic carbocycles. The minimum atomic E-state index is -4.22. The maximum Gasteiger partial charge on any atom is 0.401 e. The molecule has 0 aromatic heterocycles. The summed E-state index contributed by atoms with van der Waals surface area (Å²) in [6.45, 7) is 1.77. The first-order valence-corrected chi connectivity index (χ1v) is 8.58. The van der Waals surface area contributed by atoms with Gasteiger partial charge in [0.1, 0.15) is 0 Å². The van der Waals surface area contributed by atoms with E-state index in [4.69, 9.17) is 0 Å². The molecule has 2 N–H and O–H groups in total. The molecule has 1 atom stereocenters. The standard InChI is InChI=1S/C15H27F6N5/c1-3-22-13(23-6-4-7-25(2)10-14(16,17)18)24-12-5-8-26(9-12)11-15(19,20)21/h12H,3-11H2,1-2H3,(H2,22,23,24). The summed E-state index contributed by atoms with van der Waals surface area (Å²) in [5.41, 5.74) is 0. The van der Waals surface area contributed by atoms with E-state index in [9.17, 15) is 26.3 Å². The Balaban J connectivity index is 2.37. The van der Waals surface area contributed by atoms with Gasteiger partial charge in [-0.05, 0) is 33.4 Å². The van der Waals surface area contributed by atoms with Crippen LogP contribution in [-0.4, -0.2) is 87.0 Å². The van der Waals surface area contributed by atoms with E-state index < -0.39 is 25.4 Å². The first kappa shape index (κ1) is 22.8. The van der Waals surface area contributed by atoms with Gasteiger partial charge in [-0.25, -0.2) is 0 Å². The largest absolute Gasteiger partial charge is 0.401 e. The Morgan fingerprint density at radius 3 is 2.46 bits per heavy atom. The van der Waals surface area contributed by atoms with Crippen LogP contribution >= 0.6 is 0 Å². The fourth-order valence-corrected chi connectivity index (χ4v) is 2.78.